The van der Waals surface area contributed by atoms with E-state index in [0.29, 0.717) is 11.6 Å². The molecule has 15 heavy (non-hydrogen) atoms. The number of H-pyrrole nitrogens is 2. The van der Waals surface area contributed by atoms with Gasteiger partial charge >= 0.3 is 0 Å². The molecule has 2 rings (SSSR count). The first-order valence-corrected chi connectivity index (χ1v) is 4.37. The Kier molecular flexibility index (Phi) is 2.20. The van der Waals surface area contributed by atoms with Gasteiger partial charge in [0.1, 0.15) is 11.6 Å². The predicted octanol–water partition coefficient (Wildman–Crippen LogP) is 0.397. The second kappa shape index (κ2) is 3.52. The number of hydrogen-bond donors (Lipinski definition) is 3. The Morgan fingerprint density at radius 2 is 2.20 bits per heavy atom. The third kappa shape index (κ3) is 1.85. The third-order valence-electron chi connectivity index (χ3n) is 1.87. The highest BCUT2D eigenvalue weighted by Crippen LogP contribution is 2.09. The number of rotatable bonds is 2. The first-order chi connectivity index (χ1) is 7.16. The molecule has 0 bridgehead atoms. The maximum absolute atomic E-state index is 11.6. The number of aromatic amines is 2. The molecule has 0 saturated carbocycles. The number of carbonyl (C=O) groups excluding carboxylic acids is 1. The van der Waals surface area contributed by atoms with E-state index < -0.39 is 0 Å². The largest absolute Gasteiger partial charge is 0.304 e. The van der Waals surface area contributed by atoms with Crippen molar-refractivity contribution in [3.63, 3.8) is 0 Å². The summed E-state index contributed by atoms with van der Waals surface area (Å²) in [4.78, 5) is 15.5. The van der Waals surface area contributed by atoms with Gasteiger partial charge in [0.25, 0.3) is 5.91 Å². The number of anilines is 1. The highest BCUT2D eigenvalue weighted by atomic mass is 16.2. The third-order valence-corrected chi connectivity index (χ3v) is 1.87. The molecule has 3 N–H and O–H groups in total. The lowest BCUT2D eigenvalue weighted by Gasteiger charge is -1.98. The molecule has 7 heteroatoms. The van der Waals surface area contributed by atoms with Gasteiger partial charge in [-0.1, -0.05) is 0 Å². The quantitative estimate of drug-likeness (QED) is 0.662. The summed E-state index contributed by atoms with van der Waals surface area (Å²) < 4.78 is 0. The Morgan fingerprint density at radius 3 is 2.73 bits per heavy atom. The van der Waals surface area contributed by atoms with Gasteiger partial charge in [0.15, 0.2) is 0 Å². The first-order valence-electron chi connectivity index (χ1n) is 4.37. The minimum absolute atomic E-state index is 0.113. The fraction of sp³-hybridized carbons (Fsp3) is 0.250. The van der Waals surface area contributed by atoms with Gasteiger partial charge < -0.3 is 5.32 Å². The average molecular weight is 206 g/mol. The Labute approximate surface area is 85.3 Å². The van der Waals surface area contributed by atoms with Crippen molar-refractivity contribution >= 4 is 11.7 Å². The van der Waals surface area contributed by atoms with Gasteiger partial charge in [-0.05, 0) is 13.8 Å². The van der Waals surface area contributed by atoms with Crippen LogP contribution in [0.1, 0.15) is 22.0 Å². The van der Waals surface area contributed by atoms with E-state index in [9.17, 15) is 4.79 Å². The number of aromatic nitrogens is 5. The summed E-state index contributed by atoms with van der Waals surface area (Å²) in [5, 5.41) is 15.4. The van der Waals surface area contributed by atoms with Crippen molar-refractivity contribution in [1.82, 2.24) is 25.4 Å². The van der Waals surface area contributed by atoms with Crippen molar-refractivity contribution in [3.05, 3.63) is 23.4 Å². The summed E-state index contributed by atoms with van der Waals surface area (Å²) in [5.41, 5.74) is 0.857. The first kappa shape index (κ1) is 9.38. The monoisotopic (exact) mass is 206 g/mol. The molecular weight excluding hydrogens is 196 g/mol. The summed E-state index contributed by atoms with van der Waals surface area (Å²) in [7, 11) is 0. The number of hydrogen-bond acceptors (Lipinski definition) is 4. The van der Waals surface area contributed by atoms with E-state index in [1.165, 1.54) is 0 Å². The highest BCUT2D eigenvalue weighted by Gasteiger charge is 2.12. The topological polar surface area (TPSA) is 99.3 Å². The van der Waals surface area contributed by atoms with Crippen LogP contribution in [0.25, 0.3) is 0 Å². The van der Waals surface area contributed by atoms with Crippen LogP contribution < -0.4 is 5.32 Å². The predicted molar refractivity (Wildman–Crippen MR) is 52.4 cm³/mol. The zero-order chi connectivity index (χ0) is 10.8. The summed E-state index contributed by atoms with van der Waals surface area (Å²) in [6, 6.07) is 0. The molecule has 0 saturated heterocycles. The minimum atomic E-state index is -0.369. The zero-order valence-electron chi connectivity index (χ0n) is 8.33. The summed E-state index contributed by atoms with van der Waals surface area (Å²) in [6.07, 6.45) is 1.62. The number of nitrogens with one attached hydrogen (secondary N) is 3. The van der Waals surface area contributed by atoms with Crippen molar-refractivity contribution in [2.45, 2.75) is 13.8 Å². The second-order valence-electron chi connectivity index (χ2n) is 3.13. The number of carbonyl (C=O) groups is 1. The smallest absolute Gasteiger partial charge is 0.296 e. The van der Waals surface area contributed by atoms with E-state index in [1.54, 1.807) is 13.1 Å². The van der Waals surface area contributed by atoms with Crippen molar-refractivity contribution in [2.24, 2.45) is 0 Å². The van der Waals surface area contributed by atoms with E-state index in [0.717, 1.165) is 5.56 Å². The van der Waals surface area contributed by atoms with E-state index in [4.69, 9.17) is 0 Å². The zero-order valence-corrected chi connectivity index (χ0v) is 8.33. The highest BCUT2D eigenvalue weighted by molar-refractivity contribution is 6.01. The molecule has 7 nitrogen and oxygen atoms in total. The molecule has 2 aromatic heterocycles. The standard InChI is InChI=1S/C8H10N6O/c1-4-3-9-13-6(4)11-8(15)7-10-5(2)12-14-7/h3H,1-2H3,(H,10,12,14)(H2,9,11,13,15). The molecule has 0 aliphatic heterocycles. The molecule has 0 aromatic carbocycles. The maximum Gasteiger partial charge on any atom is 0.296 e. The van der Waals surface area contributed by atoms with Crippen molar-refractivity contribution in [2.75, 3.05) is 5.32 Å². The lowest BCUT2D eigenvalue weighted by atomic mass is 10.4. The van der Waals surface area contributed by atoms with Gasteiger partial charge in [-0.15, -0.1) is 5.10 Å². The van der Waals surface area contributed by atoms with Gasteiger partial charge in [-0.25, -0.2) is 4.98 Å². The fourth-order valence-corrected chi connectivity index (χ4v) is 1.09. The van der Waals surface area contributed by atoms with E-state index in [1.807, 2.05) is 6.92 Å². The summed E-state index contributed by atoms with van der Waals surface area (Å²) >= 11 is 0. The Hall–Kier alpha value is -2.18. The van der Waals surface area contributed by atoms with Crippen LogP contribution in [0.4, 0.5) is 5.82 Å². The molecule has 0 aliphatic rings. The number of nitrogens with zero attached hydrogens (tertiary/aromatic N) is 3. The normalized spacial score (nSPS) is 10.3. The summed E-state index contributed by atoms with van der Waals surface area (Å²) in [5.74, 6) is 0.900. The van der Waals surface area contributed by atoms with Crippen LogP contribution in [0.5, 0.6) is 0 Å². The average Bonchev–Trinajstić information content (AvgIpc) is 2.77. The van der Waals surface area contributed by atoms with Crippen LogP contribution in [0.15, 0.2) is 6.20 Å². The van der Waals surface area contributed by atoms with E-state index >= 15 is 0 Å². The van der Waals surface area contributed by atoms with Crippen LogP contribution >= 0.6 is 0 Å². The van der Waals surface area contributed by atoms with Crippen molar-refractivity contribution in [3.8, 4) is 0 Å². The molecule has 2 aromatic rings. The minimum Gasteiger partial charge on any atom is -0.304 e. The van der Waals surface area contributed by atoms with Crippen LogP contribution in [-0.2, 0) is 0 Å². The van der Waals surface area contributed by atoms with Crippen LogP contribution in [0.2, 0.25) is 0 Å². The number of amides is 1. The van der Waals surface area contributed by atoms with Gasteiger partial charge in [0, 0.05) is 5.56 Å². The van der Waals surface area contributed by atoms with Gasteiger partial charge in [0.2, 0.25) is 5.82 Å². The molecule has 78 valence electrons. The van der Waals surface area contributed by atoms with E-state index in [2.05, 4.69) is 30.7 Å². The van der Waals surface area contributed by atoms with Crippen molar-refractivity contribution < 1.29 is 4.79 Å². The second-order valence-corrected chi connectivity index (χ2v) is 3.13. The number of aryl methyl sites for hydroxylation is 2. The molecule has 0 radical (unpaired) electrons. The van der Waals surface area contributed by atoms with Gasteiger partial charge in [0.05, 0.1) is 6.20 Å². The van der Waals surface area contributed by atoms with Gasteiger partial charge in [-0.2, -0.15) is 5.10 Å². The molecule has 1 amide bonds. The molecule has 0 unspecified atom stereocenters. The Morgan fingerprint density at radius 1 is 1.40 bits per heavy atom. The lowest BCUT2D eigenvalue weighted by Crippen LogP contribution is -2.14. The Balaban J connectivity index is 2.14. The van der Waals surface area contributed by atoms with E-state index in [-0.39, 0.29) is 11.7 Å². The molecular formula is C8H10N6O. The maximum atomic E-state index is 11.6. The molecule has 0 fully saturated rings. The van der Waals surface area contributed by atoms with Crippen LogP contribution in [0, 0.1) is 13.8 Å². The van der Waals surface area contributed by atoms with Crippen LogP contribution in [-0.4, -0.2) is 31.3 Å². The van der Waals surface area contributed by atoms with Crippen molar-refractivity contribution in [1.29, 1.82) is 0 Å². The Bertz CT molecular complexity index is 485. The molecule has 0 aliphatic carbocycles. The summed E-state index contributed by atoms with van der Waals surface area (Å²) in [6.45, 7) is 3.56. The molecule has 2 heterocycles. The van der Waals surface area contributed by atoms with Gasteiger partial charge in [-0.3, -0.25) is 15.0 Å². The molecule has 0 atom stereocenters. The lowest BCUT2D eigenvalue weighted by molar-refractivity contribution is 0.101. The SMILES string of the molecule is Cc1nc(C(=O)Nc2[nH]ncc2C)n[nH]1. The van der Waals surface area contributed by atoms with Crippen LogP contribution in [0.3, 0.4) is 0 Å². The fourth-order valence-electron chi connectivity index (χ4n) is 1.09. The molecule has 0 spiro atoms.